The van der Waals surface area contributed by atoms with Gasteiger partial charge in [-0.1, -0.05) is 5.92 Å². The fraction of sp³-hybridized carbons (Fsp3) is 0.182. The van der Waals surface area contributed by atoms with Crippen LogP contribution < -0.4 is 10.1 Å². The second-order valence-corrected chi connectivity index (χ2v) is 3.37. The Bertz CT molecular complexity index is 598. The summed E-state index contributed by atoms with van der Waals surface area (Å²) < 4.78 is 39.9. The number of rotatable bonds is 3. The minimum atomic E-state index is -4.71. The van der Waals surface area contributed by atoms with Gasteiger partial charge in [0, 0.05) is 6.07 Å². The maximum absolute atomic E-state index is 12.0. The third kappa shape index (κ3) is 2.85. The fourth-order valence-electron chi connectivity index (χ4n) is 1.40. The van der Waals surface area contributed by atoms with Crippen molar-refractivity contribution in [3.63, 3.8) is 0 Å². The molecule has 0 aliphatic rings. The molecule has 0 amide bonds. The van der Waals surface area contributed by atoms with Gasteiger partial charge in [-0.25, -0.2) is 4.98 Å². The molecular weight excluding hydrogens is 247 g/mol. The number of aromatic nitrogens is 2. The molecule has 0 spiro atoms. The van der Waals surface area contributed by atoms with Gasteiger partial charge in [-0.05, 0) is 12.1 Å². The number of nitrogens with zero attached hydrogens (tertiary/aromatic N) is 1. The van der Waals surface area contributed by atoms with Crippen LogP contribution in [0.4, 0.5) is 19.1 Å². The highest BCUT2D eigenvalue weighted by atomic mass is 19.4. The molecule has 18 heavy (non-hydrogen) atoms. The molecule has 1 aromatic carbocycles. The molecule has 2 N–H and O–H groups in total. The van der Waals surface area contributed by atoms with Gasteiger partial charge in [0.15, 0.2) is 0 Å². The van der Waals surface area contributed by atoms with Gasteiger partial charge < -0.3 is 15.0 Å². The first-order valence-electron chi connectivity index (χ1n) is 4.91. The van der Waals surface area contributed by atoms with Crippen molar-refractivity contribution in [1.29, 1.82) is 0 Å². The lowest BCUT2D eigenvalue weighted by molar-refractivity contribution is -0.274. The summed E-state index contributed by atoms with van der Waals surface area (Å²) >= 11 is 0. The number of alkyl halides is 3. The Morgan fingerprint density at radius 3 is 2.89 bits per heavy atom. The van der Waals surface area contributed by atoms with E-state index in [0.29, 0.717) is 17.0 Å². The molecule has 4 nitrogen and oxygen atoms in total. The van der Waals surface area contributed by atoms with E-state index in [1.807, 2.05) is 0 Å². The molecular formula is C11H8F3N3O. The van der Waals surface area contributed by atoms with Crippen LogP contribution in [0.15, 0.2) is 18.2 Å². The van der Waals surface area contributed by atoms with E-state index in [9.17, 15) is 13.2 Å². The molecule has 0 radical (unpaired) electrons. The highest BCUT2D eigenvalue weighted by molar-refractivity contribution is 5.79. The van der Waals surface area contributed by atoms with Gasteiger partial charge in [-0.2, -0.15) is 0 Å². The zero-order valence-corrected chi connectivity index (χ0v) is 9.01. The van der Waals surface area contributed by atoms with Crippen molar-refractivity contribution in [1.82, 2.24) is 9.97 Å². The van der Waals surface area contributed by atoms with Crippen molar-refractivity contribution in [2.75, 3.05) is 11.9 Å². The standard InChI is InChI=1S/C11H8F3N3O/c1-2-5-15-10-16-8-4-3-7(6-9(8)17-10)18-11(12,13)14/h1,3-4,6H,5H2,(H2,15,16,17). The number of H-pyrrole nitrogens is 1. The van der Waals surface area contributed by atoms with E-state index < -0.39 is 6.36 Å². The molecule has 7 heteroatoms. The number of halogens is 3. The third-order valence-corrected chi connectivity index (χ3v) is 2.04. The minimum absolute atomic E-state index is 0.270. The Morgan fingerprint density at radius 2 is 2.22 bits per heavy atom. The number of fused-ring (bicyclic) bond motifs is 1. The van der Waals surface area contributed by atoms with Crippen LogP contribution in [-0.2, 0) is 0 Å². The Kier molecular flexibility index (Phi) is 3.02. The molecule has 0 atom stereocenters. The van der Waals surface area contributed by atoms with Crippen LogP contribution >= 0.6 is 0 Å². The lowest BCUT2D eigenvalue weighted by Gasteiger charge is -2.07. The fourth-order valence-corrected chi connectivity index (χ4v) is 1.40. The van der Waals surface area contributed by atoms with Crippen molar-refractivity contribution in [2.24, 2.45) is 0 Å². The van der Waals surface area contributed by atoms with Gasteiger partial charge in [0.25, 0.3) is 0 Å². The Morgan fingerprint density at radius 1 is 1.44 bits per heavy atom. The number of nitrogens with one attached hydrogen (secondary N) is 2. The zero-order valence-electron chi connectivity index (χ0n) is 9.01. The van der Waals surface area contributed by atoms with Crippen LogP contribution in [0.2, 0.25) is 0 Å². The second-order valence-electron chi connectivity index (χ2n) is 3.37. The molecule has 0 bridgehead atoms. The van der Waals surface area contributed by atoms with E-state index in [1.54, 1.807) is 0 Å². The van der Waals surface area contributed by atoms with E-state index >= 15 is 0 Å². The lowest BCUT2D eigenvalue weighted by atomic mass is 10.3. The summed E-state index contributed by atoms with van der Waals surface area (Å²) in [6.07, 6.45) is 0.355. The van der Waals surface area contributed by atoms with Crippen LogP contribution in [0.1, 0.15) is 0 Å². The predicted octanol–water partition coefficient (Wildman–Crippen LogP) is 2.51. The summed E-state index contributed by atoms with van der Waals surface area (Å²) in [6.45, 7) is 0.270. The van der Waals surface area contributed by atoms with Crippen molar-refractivity contribution in [2.45, 2.75) is 6.36 Å². The van der Waals surface area contributed by atoms with E-state index in [-0.39, 0.29) is 12.3 Å². The molecule has 0 saturated carbocycles. The number of imidazole rings is 1. The van der Waals surface area contributed by atoms with Gasteiger partial charge >= 0.3 is 6.36 Å². The topological polar surface area (TPSA) is 49.9 Å². The summed E-state index contributed by atoms with van der Waals surface area (Å²) in [7, 11) is 0. The molecule has 0 fully saturated rings. The normalized spacial score (nSPS) is 11.2. The summed E-state index contributed by atoms with van der Waals surface area (Å²) in [6, 6.07) is 3.84. The number of hydrogen-bond donors (Lipinski definition) is 2. The minimum Gasteiger partial charge on any atom is -0.406 e. The Hall–Kier alpha value is -2.36. The average Bonchev–Trinajstić information content (AvgIpc) is 2.66. The van der Waals surface area contributed by atoms with Gasteiger partial charge in [-0.3, -0.25) is 0 Å². The van der Waals surface area contributed by atoms with E-state index in [2.05, 4.69) is 25.9 Å². The molecule has 2 rings (SSSR count). The largest absolute Gasteiger partial charge is 0.573 e. The first-order chi connectivity index (χ1) is 8.48. The lowest BCUT2D eigenvalue weighted by Crippen LogP contribution is -2.16. The van der Waals surface area contributed by atoms with Crippen molar-refractivity contribution in [3.05, 3.63) is 18.2 Å². The van der Waals surface area contributed by atoms with Crippen molar-refractivity contribution >= 4 is 17.0 Å². The maximum atomic E-state index is 12.0. The zero-order chi connectivity index (χ0) is 13.2. The molecule has 1 aromatic heterocycles. The third-order valence-electron chi connectivity index (χ3n) is 2.04. The van der Waals surface area contributed by atoms with Gasteiger partial charge in [0.05, 0.1) is 17.6 Å². The van der Waals surface area contributed by atoms with Gasteiger partial charge in [0.2, 0.25) is 5.95 Å². The van der Waals surface area contributed by atoms with Gasteiger partial charge in [-0.15, -0.1) is 19.6 Å². The van der Waals surface area contributed by atoms with E-state index in [4.69, 9.17) is 6.42 Å². The summed E-state index contributed by atoms with van der Waals surface area (Å²) in [5.41, 5.74) is 0.945. The summed E-state index contributed by atoms with van der Waals surface area (Å²) in [5, 5.41) is 2.79. The van der Waals surface area contributed by atoms with Gasteiger partial charge in [0.1, 0.15) is 5.75 Å². The van der Waals surface area contributed by atoms with Crippen LogP contribution in [-0.4, -0.2) is 22.9 Å². The van der Waals surface area contributed by atoms with Crippen LogP contribution in [0.5, 0.6) is 5.75 Å². The number of hydrogen-bond acceptors (Lipinski definition) is 3. The van der Waals surface area contributed by atoms with Crippen molar-refractivity contribution in [3.8, 4) is 18.1 Å². The van der Waals surface area contributed by atoms with E-state index in [0.717, 1.165) is 0 Å². The Balaban J connectivity index is 2.26. The smallest absolute Gasteiger partial charge is 0.406 e. The number of terminal acetylenes is 1. The molecule has 1 heterocycles. The SMILES string of the molecule is C#CCNc1nc2ccc(OC(F)(F)F)cc2[nH]1. The van der Waals surface area contributed by atoms with Crippen LogP contribution in [0, 0.1) is 12.3 Å². The van der Waals surface area contributed by atoms with Crippen molar-refractivity contribution < 1.29 is 17.9 Å². The molecule has 0 saturated heterocycles. The highest BCUT2D eigenvalue weighted by Gasteiger charge is 2.31. The van der Waals surface area contributed by atoms with Crippen LogP contribution in [0.25, 0.3) is 11.0 Å². The molecule has 94 valence electrons. The predicted molar refractivity (Wildman–Crippen MR) is 60.1 cm³/mol. The monoisotopic (exact) mass is 255 g/mol. The summed E-state index contributed by atoms with van der Waals surface area (Å²) in [5.74, 6) is 2.45. The molecule has 0 aliphatic heterocycles. The molecule has 0 unspecified atom stereocenters. The molecule has 2 aromatic rings. The Labute approximate surface area is 100 Å². The highest BCUT2D eigenvalue weighted by Crippen LogP contribution is 2.26. The molecule has 0 aliphatic carbocycles. The van der Waals surface area contributed by atoms with Crippen LogP contribution in [0.3, 0.4) is 0 Å². The quantitative estimate of drug-likeness (QED) is 0.828. The average molecular weight is 255 g/mol. The number of aromatic amines is 1. The first kappa shape index (κ1) is 12.1. The second kappa shape index (κ2) is 4.49. The first-order valence-corrected chi connectivity index (χ1v) is 4.91. The summed E-state index contributed by atoms with van der Waals surface area (Å²) in [4.78, 5) is 6.88. The number of anilines is 1. The maximum Gasteiger partial charge on any atom is 0.573 e. The number of ether oxygens (including phenoxy) is 1. The van der Waals surface area contributed by atoms with E-state index in [1.165, 1.54) is 18.2 Å². The number of benzene rings is 1.